The van der Waals surface area contributed by atoms with Gasteiger partial charge in [-0.25, -0.2) is 13.8 Å². The van der Waals surface area contributed by atoms with Crippen LogP contribution < -0.4 is 9.73 Å². The molecule has 0 fully saturated rings. The number of benzene rings is 4. The van der Waals surface area contributed by atoms with Crippen molar-refractivity contribution in [2.45, 2.75) is 18.4 Å². The van der Waals surface area contributed by atoms with Crippen LogP contribution in [0.5, 0.6) is 0 Å². The molecule has 10 heteroatoms. The molecule has 0 saturated carbocycles. The zero-order valence-corrected chi connectivity index (χ0v) is 23.2. The Kier molecular flexibility index (Phi) is 8.74. The molecule has 0 aliphatic carbocycles. The topological polar surface area (TPSA) is 78.8 Å². The third-order valence-electron chi connectivity index (χ3n) is 5.60. The predicted octanol–water partition coefficient (Wildman–Crippen LogP) is 7.11. The third-order valence-corrected chi connectivity index (χ3v) is 8.19. The van der Waals surface area contributed by atoms with E-state index in [9.17, 15) is 13.2 Å². The van der Waals surface area contributed by atoms with Crippen molar-refractivity contribution in [2.24, 2.45) is 5.10 Å². The van der Waals surface area contributed by atoms with Crippen LogP contribution in [0.4, 0.5) is 5.69 Å². The molecule has 4 aromatic rings. The van der Waals surface area contributed by atoms with Crippen LogP contribution in [0.15, 0.2) is 101 Å². The van der Waals surface area contributed by atoms with Crippen molar-refractivity contribution < 1.29 is 13.2 Å². The highest BCUT2D eigenvalue weighted by molar-refractivity contribution is 7.92. The Balaban J connectivity index is 1.71. The van der Waals surface area contributed by atoms with Gasteiger partial charge in [-0.3, -0.25) is 9.10 Å². The fourth-order valence-electron chi connectivity index (χ4n) is 3.60. The number of hydrogen-bond donors (Lipinski definition) is 1. The second kappa shape index (κ2) is 12.0. The van der Waals surface area contributed by atoms with Gasteiger partial charge in [0.05, 0.1) is 33.9 Å². The lowest BCUT2D eigenvalue weighted by atomic mass is 10.1. The summed E-state index contributed by atoms with van der Waals surface area (Å²) in [4.78, 5) is 13.3. The van der Waals surface area contributed by atoms with Crippen molar-refractivity contribution in [3.63, 3.8) is 0 Å². The monoisotopic (exact) mass is 585 g/mol. The van der Waals surface area contributed by atoms with Gasteiger partial charge in [-0.05, 0) is 61.0 Å². The van der Waals surface area contributed by atoms with Gasteiger partial charge in [-0.15, -0.1) is 0 Å². The molecule has 1 N–H and O–H groups in total. The Bertz CT molecular complexity index is 1590. The van der Waals surface area contributed by atoms with E-state index in [0.717, 1.165) is 5.56 Å². The second-order valence-electron chi connectivity index (χ2n) is 8.33. The number of hydrazone groups is 1. The fraction of sp³-hybridized carbons (Fsp3) is 0.0714. The number of sulfonamides is 1. The van der Waals surface area contributed by atoms with E-state index in [1.165, 1.54) is 16.6 Å². The van der Waals surface area contributed by atoms with Crippen LogP contribution in [0.1, 0.15) is 27.0 Å². The molecule has 0 saturated heterocycles. The number of rotatable bonds is 8. The van der Waals surface area contributed by atoms with Crippen molar-refractivity contribution in [1.29, 1.82) is 0 Å². The molecule has 0 aromatic heterocycles. The molecule has 0 aliphatic heterocycles. The van der Waals surface area contributed by atoms with Gasteiger partial charge >= 0.3 is 0 Å². The Morgan fingerprint density at radius 1 is 0.895 bits per heavy atom. The molecule has 0 bridgehead atoms. The summed E-state index contributed by atoms with van der Waals surface area (Å²) in [5.74, 6) is -0.595. The zero-order chi connectivity index (χ0) is 27.3. The van der Waals surface area contributed by atoms with Crippen LogP contribution in [0.2, 0.25) is 15.1 Å². The lowest BCUT2D eigenvalue weighted by Gasteiger charge is -2.26. The summed E-state index contributed by atoms with van der Waals surface area (Å²) >= 11 is 18.1. The number of para-hydroxylation sites is 1. The van der Waals surface area contributed by atoms with E-state index in [1.807, 2.05) is 6.92 Å². The molecular formula is C28H22Cl3N3O3S. The number of aryl methyl sites for hydroxylation is 1. The highest BCUT2D eigenvalue weighted by Crippen LogP contribution is 2.30. The second-order valence-corrected chi connectivity index (χ2v) is 11.5. The SMILES string of the molecule is Cc1ccc(S(=O)(=O)N(Cc2ccc(Cl)cc2)c2ccccc2C(=O)N/N=C/c2ccc(Cl)cc2Cl)cc1. The minimum Gasteiger partial charge on any atom is -0.267 e. The molecule has 0 radical (unpaired) electrons. The van der Waals surface area contributed by atoms with E-state index in [0.29, 0.717) is 26.2 Å². The van der Waals surface area contributed by atoms with Gasteiger partial charge in [-0.2, -0.15) is 5.10 Å². The van der Waals surface area contributed by atoms with Gasteiger partial charge in [0.25, 0.3) is 15.9 Å². The van der Waals surface area contributed by atoms with Crippen LogP contribution in [0, 0.1) is 6.92 Å². The smallest absolute Gasteiger partial charge is 0.267 e. The van der Waals surface area contributed by atoms with Gasteiger partial charge in [0, 0.05) is 15.6 Å². The molecule has 0 spiro atoms. The summed E-state index contributed by atoms with van der Waals surface area (Å²) in [6.07, 6.45) is 1.38. The Morgan fingerprint density at radius 2 is 1.55 bits per heavy atom. The summed E-state index contributed by atoms with van der Waals surface area (Å²) < 4.78 is 28.9. The maximum atomic E-state index is 13.9. The van der Waals surface area contributed by atoms with E-state index in [4.69, 9.17) is 34.8 Å². The molecule has 4 rings (SSSR count). The van der Waals surface area contributed by atoms with Crippen LogP contribution in [0.25, 0.3) is 0 Å². The maximum absolute atomic E-state index is 13.9. The van der Waals surface area contributed by atoms with E-state index in [-0.39, 0.29) is 22.7 Å². The number of nitrogens with one attached hydrogen (secondary N) is 1. The summed E-state index contributed by atoms with van der Waals surface area (Å²) in [5, 5.41) is 5.37. The van der Waals surface area contributed by atoms with Gasteiger partial charge in [0.1, 0.15) is 0 Å². The molecule has 4 aromatic carbocycles. The first kappa shape index (κ1) is 27.7. The average molecular weight is 587 g/mol. The molecule has 194 valence electrons. The van der Waals surface area contributed by atoms with Crippen LogP contribution in [-0.2, 0) is 16.6 Å². The number of amides is 1. The van der Waals surface area contributed by atoms with Crippen molar-refractivity contribution in [1.82, 2.24) is 5.43 Å². The molecule has 1 amide bonds. The number of anilines is 1. The predicted molar refractivity (Wildman–Crippen MR) is 154 cm³/mol. The summed E-state index contributed by atoms with van der Waals surface area (Å²) in [5.41, 5.74) is 4.94. The highest BCUT2D eigenvalue weighted by Gasteiger charge is 2.28. The standard InChI is InChI=1S/C28H22Cl3N3O3S/c1-19-6-14-24(15-7-19)38(36,37)34(18-20-8-11-22(29)12-9-20)27-5-3-2-4-25(27)28(35)33-32-17-21-10-13-23(30)16-26(21)31/h2-17H,18H2,1H3,(H,33,35)/b32-17+. The molecule has 6 nitrogen and oxygen atoms in total. The first-order valence-electron chi connectivity index (χ1n) is 11.4. The minimum absolute atomic E-state index is 0.0265. The quantitative estimate of drug-likeness (QED) is 0.176. The average Bonchev–Trinajstić information content (AvgIpc) is 2.89. The van der Waals surface area contributed by atoms with E-state index in [1.54, 1.807) is 84.9 Å². The summed E-state index contributed by atoms with van der Waals surface area (Å²) in [6, 6.07) is 24.7. The molecule has 0 atom stereocenters. The third kappa shape index (κ3) is 6.55. The van der Waals surface area contributed by atoms with Crippen molar-refractivity contribution >= 4 is 62.6 Å². The number of nitrogens with zero attached hydrogens (tertiary/aromatic N) is 2. The largest absolute Gasteiger partial charge is 0.273 e. The Morgan fingerprint density at radius 3 is 2.24 bits per heavy atom. The number of carbonyl (C=O) groups excluding carboxylic acids is 1. The zero-order valence-electron chi connectivity index (χ0n) is 20.1. The van der Waals surface area contributed by atoms with Crippen LogP contribution in [0.3, 0.4) is 0 Å². The van der Waals surface area contributed by atoms with Gasteiger partial charge < -0.3 is 0 Å². The minimum atomic E-state index is -4.06. The van der Waals surface area contributed by atoms with E-state index >= 15 is 0 Å². The molecule has 38 heavy (non-hydrogen) atoms. The molecule has 0 heterocycles. The fourth-order valence-corrected chi connectivity index (χ4v) is 5.66. The normalized spacial score (nSPS) is 11.5. The number of carbonyl (C=O) groups is 1. The first-order chi connectivity index (χ1) is 18.1. The van der Waals surface area contributed by atoms with Crippen LogP contribution in [-0.4, -0.2) is 20.5 Å². The number of halogens is 3. The first-order valence-corrected chi connectivity index (χ1v) is 13.9. The molecule has 0 aliphatic rings. The van der Waals surface area contributed by atoms with Gasteiger partial charge in [-0.1, -0.05) is 82.8 Å². The molecule has 0 unspecified atom stereocenters. The van der Waals surface area contributed by atoms with Gasteiger partial charge in [0.2, 0.25) is 0 Å². The lowest BCUT2D eigenvalue weighted by molar-refractivity contribution is 0.0955. The van der Waals surface area contributed by atoms with Crippen molar-refractivity contribution in [3.05, 3.63) is 128 Å². The summed E-state index contributed by atoms with van der Waals surface area (Å²) in [6.45, 7) is 1.85. The maximum Gasteiger partial charge on any atom is 0.273 e. The molecular weight excluding hydrogens is 565 g/mol. The van der Waals surface area contributed by atoms with Crippen LogP contribution >= 0.6 is 34.8 Å². The van der Waals surface area contributed by atoms with Crippen molar-refractivity contribution in [2.75, 3.05) is 4.31 Å². The van der Waals surface area contributed by atoms with Gasteiger partial charge in [0.15, 0.2) is 0 Å². The Hall–Kier alpha value is -3.36. The lowest BCUT2D eigenvalue weighted by Crippen LogP contribution is -2.33. The number of hydrogen-bond acceptors (Lipinski definition) is 4. The van der Waals surface area contributed by atoms with E-state index < -0.39 is 15.9 Å². The van der Waals surface area contributed by atoms with Crippen molar-refractivity contribution in [3.8, 4) is 0 Å². The van der Waals surface area contributed by atoms with E-state index in [2.05, 4.69) is 10.5 Å². The summed E-state index contributed by atoms with van der Waals surface area (Å²) in [7, 11) is -4.06. The highest BCUT2D eigenvalue weighted by atomic mass is 35.5. The Labute approximate surface area is 236 Å².